The number of phenols is 1. The summed E-state index contributed by atoms with van der Waals surface area (Å²) < 4.78 is 0. The van der Waals surface area contributed by atoms with Gasteiger partial charge in [0, 0.05) is 38.3 Å². The average Bonchev–Trinajstić information content (AvgIpc) is 2.63. The molecular formula is C20H22N2O2. The van der Waals surface area contributed by atoms with Crippen LogP contribution in [0.1, 0.15) is 10.4 Å². The van der Waals surface area contributed by atoms with Gasteiger partial charge in [-0.05, 0) is 35.4 Å². The van der Waals surface area contributed by atoms with Crippen molar-refractivity contribution in [1.82, 2.24) is 9.80 Å². The molecule has 0 radical (unpaired) electrons. The van der Waals surface area contributed by atoms with Crippen molar-refractivity contribution < 1.29 is 9.90 Å². The third-order valence-electron chi connectivity index (χ3n) is 4.38. The van der Waals surface area contributed by atoms with Crippen LogP contribution in [0.25, 0.3) is 11.1 Å². The van der Waals surface area contributed by atoms with Crippen LogP contribution in [0.5, 0.6) is 5.75 Å². The van der Waals surface area contributed by atoms with Crippen molar-refractivity contribution in [2.24, 2.45) is 0 Å². The quantitative estimate of drug-likeness (QED) is 0.880. The van der Waals surface area contributed by atoms with Crippen molar-refractivity contribution in [3.05, 3.63) is 66.7 Å². The Kier molecular flexibility index (Phi) is 4.96. The first kappa shape index (κ1) is 16.3. The maximum atomic E-state index is 12.6. The molecule has 0 aromatic heterocycles. The first-order chi connectivity index (χ1) is 11.7. The van der Waals surface area contributed by atoms with E-state index in [4.69, 9.17) is 0 Å². The highest BCUT2D eigenvalue weighted by Crippen LogP contribution is 2.22. The summed E-state index contributed by atoms with van der Waals surface area (Å²) in [5.41, 5.74) is 2.77. The molecule has 124 valence electrons. The van der Waals surface area contributed by atoms with E-state index in [2.05, 4.69) is 11.5 Å². The molecule has 1 saturated heterocycles. The van der Waals surface area contributed by atoms with E-state index >= 15 is 0 Å². The highest BCUT2D eigenvalue weighted by molar-refractivity contribution is 5.94. The number of benzene rings is 2. The second kappa shape index (κ2) is 7.32. The molecule has 1 amide bonds. The number of rotatable bonds is 4. The molecule has 2 aromatic rings. The van der Waals surface area contributed by atoms with Gasteiger partial charge in [0.2, 0.25) is 0 Å². The van der Waals surface area contributed by atoms with E-state index in [-0.39, 0.29) is 11.7 Å². The molecule has 1 N–H and O–H groups in total. The van der Waals surface area contributed by atoms with Crippen LogP contribution in [0.2, 0.25) is 0 Å². The molecule has 0 aliphatic carbocycles. The second-order valence-corrected chi connectivity index (χ2v) is 6.01. The van der Waals surface area contributed by atoms with E-state index in [0.717, 1.165) is 49.4 Å². The lowest BCUT2D eigenvalue weighted by atomic mass is 10.0. The topological polar surface area (TPSA) is 43.8 Å². The van der Waals surface area contributed by atoms with Crippen molar-refractivity contribution in [2.75, 3.05) is 32.7 Å². The number of phenolic OH excluding ortho intramolecular Hbond substituents is 1. The lowest BCUT2D eigenvalue weighted by molar-refractivity contribution is 0.0650. The summed E-state index contributed by atoms with van der Waals surface area (Å²) in [6.07, 6.45) is 1.90. The SMILES string of the molecule is C=CCN1CCN(C(=O)c2ccc(-c3ccc(O)cc3)cc2)CC1. The van der Waals surface area contributed by atoms with Crippen molar-refractivity contribution in [1.29, 1.82) is 0 Å². The second-order valence-electron chi connectivity index (χ2n) is 6.01. The molecule has 1 heterocycles. The van der Waals surface area contributed by atoms with Gasteiger partial charge in [-0.15, -0.1) is 6.58 Å². The minimum absolute atomic E-state index is 0.0884. The summed E-state index contributed by atoms with van der Waals surface area (Å²) in [4.78, 5) is 16.8. The van der Waals surface area contributed by atoms with Crippen LogP contribution in [0.4, 0.5) is 0 Å². The largest absolute Gasteiger partial charge is 0.508 e. The van der Waals surface area contributed by atoms with Gasteiger partial charge in [0.1, 0.15) is 5.75 Å². The van der Waals surface area contributed by atoms with Gasteiger partial charge in [0.25, 0.3) is 5.91 Å². The van der Waals surface area contributed by atoms with Gasteiger partial charge >= 0.3 is 0 Å². The average molecular weight is 322 g/mol. The summed E-state index contributed by atoms with van der Waals surface area (Å²) in [5.74, 6) is 0.339. The fourth-order valence-electron chi connectivity index (χ4n) is 2.96. The zero-order valence-electron chi connectivity index (χ0n) is 13.7. The molecule has 1 aliphatic heterocycles. The minimum Gasteiger partial charge on any atom is -0.508 e. The van der Waals surface area contributed by atoms with Crippen LogP contribution in [0, 0.1) is 0 Å². The fraction of sp³-hybridized carbons (Fsp3) is 0.250. The molecule has 4 nitrogen and oxygen atoms in total. The van der Waals surface area contributed by atoms with E-state index < -0.39 is 0 Å². The molecule has 0 saturated carbocycles. The number of carbonyl (C=O) groups is 1. The van der Waals surface area contributed by atoms with E-state index in [0.29, 0.717) is 0 Å². The maximum Gasteiger partial charge on any atom is 0.253 e. The number of amides is 1. The Morgan fingerprint density at radius 3 is 2.04 bits per heavy atom. The van der Waals surface area contributed by atoms with Crippen LogP contribution >= 0.6 is 0 Å². The number of piperazine rings is 1. The maximum absolute atomic E-state index is 12.6. The summed E-state index contributed by atoms with van der Waals surface area (Å²) in [7, 11) is 0. The number of nitrogens with zero attached hydrogens (tertiary/aromatic N) is 2. The van der Waals surface area contributed by atoms with E-state index in [9.17, 15) is 9.90 Å². The number of carbonyl (C=O) groups excluding carboxylic acids is 1. The highest BCUT2D eigenvalue weighted by atomic mass is 16.3. The van der Waals surface area contributed by atoms with Crippen LogP contribution in [0.3, 0.4) is 0 Å². The molecule has 1 aliphatic rings. The Bertz CT molecular complexity index is 699. The summed E-state index contributed by atoms with van der Waals surface area (Å²) in [6.45, 7) is 7.93. The molecule has 4 heteroatoms. The molecule has 0 atom stereocenters. The van der Waals surface area contributed by atoms with Gasteiger partial charge in [0.05, 0.1) is 0 Å². The number of hydrogen-bond donors (Lipinski definition) is 1. The molecular weight excluding hydrogens is 300 g/mol. The highest BCUT2D eigenvalue weighted by Gasteiger charge is 2.21. The summed E-state index contributed by atoms with van der Waals surface area (Å²) in [5, 5.41) is 9.36. The van der Waals surface area contributed by atoms with Crippen LogP contribution in [0.15, 0.2) is 61.2 Å². The molecule has 3 rings (SSSR count). The van der Waals surface area contributed by atoms with Crippen LogP contribution < -0.4 is 0 Å². The molecule has 0 bridgehead atoms. The van der Waals surface area contributed by atoms with E-state index in [1.54, 1.807) is 12.1 Å². The molecule has 24 heavy (non-hydrogen) atoms. The normalized spacial score (nSPS) is 15.2. The van der Waals surface area contributed by atoms with Gasteiger partial charge in [-0.1, -0.05) is 30.3 Å². The zero-order valence-corrected chi connectivity index (χ0v) is 13.7. The van der Waals surface area contributed by atoms with Gasteiger partial charge in [-0.2, -0.15) is 0 Å². The van der Waals surface area contributed by atoms with Crippen molar-refractivity contribution in [3.8, 4) is 16.9 Å². The zero-order chi connectivity index (χ0) is 16.9. The Labute approximate surface area is 142 Å². The monoisotopic (exact) mass is 322 g/mol. The predicted molar refractivity (Wildman–Crippen MR) is 96.1 cm³/mol. The molecule has 0 spiro atoms. The Morgan fingerprint density at radius 2 is 1.50 bits per heavy atom. The van der Waals surface area contributed by atoms with Gasteiger partial charge in [-0.25, -0.2) is 0 Å². The molecule has 2 aromatic carbocycles. The van der Waals surface area contributed by atoms with Gasteiger partial charge in [0.15, 0.2) is 0 Å². The minimum atomic E-state index is 0.0884. The van der Waals surface area contributed by atoms with Crippen LogP contribution in [-0.4, -0.2) is 53.5 Å². The smallest absolute Gasteiger partial charge is 0.253 e. The van der Waals surface area contributed by atoms with Crippen molar-refractivity contribution in [3.63, 3.8) is 0 Å². The molecule has 1 fully saturated rings. The first-order valence-corrected chi connectivity index (χ1v) is 8.19. The summed E-state index contributed by atoms with van der Waals surface area (Å²) >= 11 is 0. The number of aromatic hydroxyl groups is 1. The van der Waals surface area contributed by atoms with E-state index in [1.165, 1.54) is 0 Å². The lowest BCUT2D eigenvalue weighted by Crippen LogP contribution is -2.48. The third-order valence-corrected chi connectivity index (χ3v) is 4.38. The van der Waals surface area contributed by atoms with Crippen LogP contribution in [-0.2, 0) is 0 Å². The van der Waals surface area contributed by atoms with E-state index in [1.807, 2.05) is 47.4 Å². The van der Waals surface area contributed by atoms with Gasteiger partial charge in [-0.3, -0.25) is 9.69 Å². The Hall–Kier alpha value is -2.59. The molecule has 0 unspecified atom stereocenters. The lowest BCUT2D eigenvalue weighted by Gasteiger charge is -2.34. The van der Waals surface area contributed by atoms with Crippen molar-refractivity contribution >= 4 is 5.91 Å². The standard InChI is InChI=1S/C20H22N2O2/c1-2-11-21-12-14-22(15-13-21)20(24)18-5-3-16(4-6-18)17-7-9-19(23)10-8-17/h2-10,23H,1,11-15H2. The third kappa shape index (κ3) is 3.66. The first-order valence-electron chi connectivity index (χ1n) is 8.19. The van der Waals surface area contributed by atoms with Crippen molar-refractivity contribution in [2.45, 2.75) is 0 Å². The predicted octanol–water partition coefficient (Wildman–Crippen LogP) is 3.00. The Morgan fingerprint density at radius 1 is 0.958 bits per heavy atom. The number of hydrogen-bond acceptors (Lipinski definition) is 3. The Balaban J connectivity index is 1.66. The van der Waals surface area contributed by atoms with Gasteiger partial charge < -0.3 is 10.0 Å². The fourth-order valence-corrected chi connectivity index (χ4v) is 2.96. The summed E-state index contributed by atoms with van der Waals surface area (Å²) in [6, 6.07) is 14.7.